The van der Waals surface area contributed by atoms with Crippen molar-refractivity contribution in [1.82, 2.24) is 30.1 Å². The molecule has 0 atom stereocenters. The van der Waals surface area contributed by atoms with Crippen molar-refractivity contribution in [2.75, 3.05) is 5.32 Å². The highest BCUT2D eigenvalue weighted by atomic mass is 32.1. The number of H-pyrrole nitrogens is 2. The van der Waals surface area contributed by atoms with E-state index in [4.69, 9.17) is 4.98 Å². The van der Waals surface area contributed by atoms with E-state index in [0.29, 0.717) is 22.1 Å². The van der Waals surface area contributed by atoms with Gasteiger partial charge in [-0.2, -0.15) is 5.10 Å². The highest BCUT2D eigenvalue weighted by molar-refractivity contribution is 7.17. The third-order valence-corrected chi connectivity index (χ3v) is 8.88. The van der Waals surface area contributed by atoms with E-state index < -0.39 is 0 Å². The van der Waals surface area contributed by atoms with E-state index in [9.17, 15) is 9.59 Å². The van der Waals surface area contributed by atoms with Crippen LogP contribution in [-0.2, 0) is 4.79 Å². The van der Waals surface area contributed by atoms with Gasteiger partial charge in [0.1, 0.15) is 16.9 Å². The lowest BCUT2D eigenvalue weighted by atomic mass is 9.88. The van der Waals surface area contributed by atoms with E-state index >= 15 is 0 Å². The van der Waals surface area contributed by atoms with Gasteiger partial charge in [0.05, 0.1) is 32.7 Å². The van der Waals surface area contributed by atoms with Crippen LogP contribution < -0.4 is 5.32 Å². The first-order chi connectivity index (χ1) is 20.0. The second-order valence-electron chi connectivity index (χ2n) is 10.5. The van der Waals surface area contributed by atoms with Gasteiger partial charge in [0.2, 0.25) is 5.91 Å². The molecular weight excluding hydrogens is 534 g/mol. The maximum Gasteiger partial charge on any atom is 0.227 e. The fourth-order valence-electron chi connectivity index (χ4n) is 5.53. The number of hydrogen-bond donors (Lipinski definition) is 3. The number of nitrogens with zero attached hydrogens (tertiary/aromatic N) is 4. The van der Waals surface area contributed by atoms with Gasteiger partial charge < -0.3 is 10.3 Å². The SMILES string of the molecule is CC(=O)c1ccc(-c2nccc3[nH]c(-c4n[nH]c5ccc(-c6cncc(NC(=O)C7CCCCC7)c6)cc45)nc23)s1. The molecule has 3 N–H and O–H groups in total. The molecule has 0 saturated heterocycles. The van der Waals surface area contributed by atoms with Crippen molar-refractivity contribution in [1.29, 1.82) is 0 Å². The first-order valence-corrected chi connectivity index (χ1v) is 14.6. The molecule has 0 bridgehead atoms. The number of imidazole rings is 1. The third-order valence-electron chi connectivity index (χ3n) is 7.69. The van der Waals surface area contributed by atoms with Crippen LogP contribution in [0.2, 0.25) is 0 Å². The highest BCUT2D eigenvalue weighted by Gasteiger charge is 2.22. The standard InChI is InChI=1S/C31H27N7O2S/c1-17(39)25-9-10-26(41-25)29-28-24(11-12-33-29)35-30(36-28)27-22-14-19(7-8-23(22)37-38-27)20-13-21(16-32-15-20)34-31(40)18-5-3-2-4-6-18/h7-16,18H,2-6H2,1H3,(H,34,40)(H,35,36)(H,37,38). The van der Waals surface area contributed by atoms with Gasteiger partial charge in [-0.15, -0.1) is 11.3 Å². The van der Waals surface area contributed by atoms with Crippen LogP contribution in [0.4, 0.5) is 5.69 Å². The van der Waals surface area contributed by atoms with Gasteiger partial charge in [-0.1, -0.05) is 25.3 Å². The predicted octanol–water partition coefficient (Wildman–Crippen LogP) is 7.01. The highest BCUT2D eigenvalue weighted by Crippen LogP contribution is 2.35. The molecule has 9 nitrogen and oxygen atoms in total. The number of thiophene rings is 1. The molecule has 6 aromatic rings. The van der Waals surface area contributed by atoms with Gasteiger partial charge in [0, 0.05) is 29.3 Å². The van der Waals surface area contributed by atoms with Crippen LogP contribution >= 0.6 is 11.3 Å². The molecule has 7 rings (SSSR count). The molecule has 10 heteroatoms. The monoisotopic (exact) mass is 561 g/mol. The van der Waals surface area contributed by atoms with E-state index in [1.807, 2.05) is 36.4 Å². The number of nitrogens with one attached hydrogen (secondary N) is 3. The number of hydrogen-bond acceptors (Lipinski definition) is 7. The molecule has 1 saturated carbocycles. The number of amides is 1. The van der Waals surface area contributed by atoms with Crippen molar-refractivity contribution in [3.63, 3.8) is 0 Å². The molecule has 1 fully saturated rings. The van der Waals surface area contributed by atoms with E-state index in [2.05, 4.69) is 36.5 Å². The summed E-state index contributed by atoms with van der Waals surface area (Å²) in [4.78, 5) is 43.5. The maximum absolute atomic E-state index is 12.8. The summed E-state index contributed by atoms with van der Waals surface area (Å²) >= 11 is 1.41. The molecule has 204 valence electrons. The van der Waals surface area contributed by atoms with E-state index in [-0.39, 0.29) is 17.6 Å². The molecule has 1 aliphatic rings. The summed E-state index contributed by atoms with van der Waals surface area (Å²) in [6, 6.07) is 13.6. The van der Waals surface area contributed by atoms with E-state index in [1.165, 1.54) is 17.8 Å². The molecule has 5 heterocycles. The molecule has 5 aromatic heterocycles. The summed E-state index contributed by atoms with van der Waals surface area (Å²) < 4.78 is 0. The zero-order valence-corrected chi connectivity index (χ0v) is 23.2. The van der Waals surface area contributed by atoms with Crippen molar-refractivity contribution in [2.24, 2.45) is 5.92 Å². The summed E-state index contributed by atoms with van der Waals surface area (Å²) in [6.45, 7) is 1.56. The van der Waals surface area contributed by atoms with Crippen molar-refractivity contribution in [3.8, 4) is 33.2 Å². The van der Waals surface area contributed by atoms with Crippen LogP contribution in [0, 0.1) is 5.92 Å². The number of Topliss-reactive ketones (excluding diaryl/α,β-unsaturated/α-hetero) is 1. The van der Waals surface area contributed by atoms with E-state index in [1.54, 1.807) is 25.5 Å². The number of anilines is 1. The van der Waals surface area contributed by atoms with Gasteiger partial charge in [-0.05, 0) is 61.7 Å². The second kappa shape index (κ2) is 10.4. The van der Waals surface area contributed by atoms with Crippen LogP contribution in [0.3, 0.4) is 0 Å². The Labute approximate surface area is 239 Å². The van der Waals surface area contributed by atoms with Gasteiger partial charge in [-0.3, -0.25) is 24.7 Å². The average Bonchev–Trinajstić information content (AvgIpc) is 3.75. The molecule has 1 aromatic carbocycles. The number of aromatic amines is 2. The zero-order chi connectivity index (χ0) is 27.9. The zero-order valence-electron chi connectivity index (χ0n) is 22.4. The number of fused-ring (bicyclic) bond motifs is 2. The average molecular weight is 562 g/mol. The Morgan fingerprint density at radius 1 is 0.951 bits per heavy atom. The third kappa shape index (κ3) is 4.80. The van der Waals surface area contributed by atoms with Crippen LogP contribution in [0.25, 0.3) is 55.2 Å². The molecule has 1 amide bonds. The topological polar surface area (TPSA) is 129 Å². The molecular formula is C31H27N7O2S. The Bertz CT molecular complexity index is 1930. The number of benzene rings is 1. The maximum atomic E-state index is 12.8. The first kappa shape index (κ1) is 25.3. The van der Waals surface area contributed by atoms with Crippen molar-refractivity contribution >= 4 is 50.7 Å². The minimum atomic E-state index is 0.0299. The second-order valence-corrected chi connectivity index (χ2v) is 11.6. The Kier molecular flexibility index (Phi) is 6.39. The van der Waals surface area contributed by atoms with Gasteiger partial charge in [0.25, 0.3) is 0 Å². The van der Waals surface area contributed by atoms with Crippen LogP contribution in [0.5, 0.6) is 0 Å². The van der Waals surface area contributed by atoms with Gasteiger partial charge >= 0.3 is 0 Å². The van der Waals surface area contributed by atoms with E-state index in [0.717, 1.165) is 69.3 Å². The number of rotatable bonds is 6. The molecule has 1 aliphatic carbocycles. The normalized spacial score (nSPS) is 14.1. The summed E-state index contributed by atoms with van der Waals surface area (Å²) in [5, 5.41) is 11.7. The predicted molar refractivity (Wildman–Crippen MR) is 161 cm³/mol. The number of pyridine rings is 2. The largest absolute Gasteiger partial charge is 0.336 e. The Hall–Kier alpha value is -4.70. The van der Waals surface area contributed by atoms with Crippen LogP contribution in [0.1, 0.15) is 48.7 Å². The number of carbonyl (C=O) groups is 2. The van der Waals surface area contributed by atoms with Crippen molar-refractivity contribution in [2.45, 2.75) is 39.0 Å². The summed E-state index contributed by atoms with van der Waals surface area (Å²) in [5.74, 6) is 0.803. The Balaban J connectivity index is 1.22. The van der Waals surface area contributed by atoms with Gasteiger partial charge in [0.15, 0.2) is 11.6 Å². The molecule has 0 unspecified atom stereocenters. The summed E-state index contributed by atoms with van der Waals surface area (Å²) in [7, 11) is 0. The summed E-state index contributed by atoms with van der Waals surface area (Å²) in [5.41, 5.74) is 6.39. The smallest absolute Gasteiger partial charge is 0.227 e. The van der Waals surface area contributed by atoms with Gasteiger partial charge in [-0.25, -0.2) is 4.98 Å². The minimum absolute atomic E-state index is 0.0299. The number of carbonyl (C=O) groups excluding carboxylic acids is 2. The number of ketones is 1. The van der Waals surface area contributed by atoms with Crippen LogP contribution in [-0.4, -0.2) is 41.8 Å². The lowest BCUT2D eigenvalue weighted by Crippen LogP contribution is -2.24. The summed E-state index contributed by atoms with van der Waals surface area (Å²) in [6.07, 6.45) is 10.6. The Morgan fingerprint density at radius 2 is 1.83 bits per heavy atom. The van der Waals surface area contributed by atoms with Crippen molar-refractivity contribution < 1.29 is 9.59 Å². The fourth-order valence-corrected chi connectivity index (χ4v) is 6.43. The lowest BCUT2D eigenvalue weighted by Gasteiger charge is -2.20. The molecule has 0 aliphatic heterocycles. The molecule has 0 spiro atoms. The minimum Gasteiger partial charge on any atom is -0.336 e. The Morgan fingerprint density at radius 3 is 2.66 bits per heavy atom. The lowest BCUT2D eigenvalue weighted by molar-refractivity contribution is -0.120. The van der Waals surface area contributed by atoms with Crippen LogP contribution in [0.15, 0.2) is 61.1 Å². The quantitative estimate of drug-likeness (QED) is 0.188. The fraction of sp³-hybridized carbons (Fsp3) is 0.226. The molecule has 41 heavy (non-hydrogen) atoms. The molecule has 0 radical (unpaired) electrons. The van der Waals surface area contributed by atoms with Crippen molar-refractivity contribution in [3.05, 3.63) is 65.9 Å². The number of aromatic nitrogens is 6. The first-order valence-electron chi connectivity index (χ1n) is 13.7.